The second-order valence-electron chi connectivity index (χ2n) is 6.04. The van der Waals surface area contributed by atoms with Crippen molar-refractivity contribution in [1.82, 2.24) is 0 Å². The first kappa shape index (κ1) is 13.4. The molecular weight excluding hydrogens is 304 g/mol. The topological polar surface area (TPSA) is 29.5 Å². The van der Waals surface area contributed by atoms with Gasteiger partial charge in [0.15, 0.2) is 0 Å². The van der Waals surface area contributed by atoms with Gasteiger partial charge < -0.3 is 9.84 Å². The summed E-state index contributed by atoms with van der Waals surface area (Å²) in [5.41, 5.74) is 0.809. The zero-order chi connectivity index (χ0) is 13.5. The number of aliphatic hydroxyl groups is 1. The maximum Gasteiger partial charge on any atom is 0.126 e. The third kappa shape index (κ3) is 2.55. The van der Waals surface area contributed by atoms with Gasteiger partial charge in [0, 0.05) is 16.5 Å². The third-order valence-corrected chi connectivity index (χ3v) is 5.31. The van der Waals surface area contributed by atoms with E-state index < -0.39 is 0 Å². The van der Waals surface area contributed by atoms with Gasteiger partial charge in [-0.1, -0.05) is 29.3 Å². The minimum absolute atomic E-state index is 0.119. The zero-order valence-corrected chi connectivity index (χ0v) is 12.9. The van der Waals surface area contributed by atoms with Crippen LogP contribution >= 0.6 is 15.9 Å². The number of aliphatic hydroxyl groups excluding tert-OH is 1. The predicted octanol–water partition coefficient (Wildman–Crippen LogP) is 4.60. The molecule has 0 bridgehead atoms. The summed E-state index contributed by atoms with van der Waals surface area (Å²) in [6.07, 6.45) is 6.24. The van der Waals surface area contributed by atoms with Gasteiger partial charge in [0.1, 0.15) is 11.4 Å². The molecule has 1 spiro atoms. The van der Waals surface area contributed by atoms with E-state index in [1.54, 1.807) is 0 Å². The summed E-state index contributed by atoms with van der Waals surface area (Å²) >= 11 is 3.46. The summed E-state index contributed by atoms with van der Waals surface area (Å²) in [6, 6.07) is 5.95. The first-order chi connectivity index (χ1) is 9.12. The van der Waals surface area contributed by atoms with Crippen LogP contribution in [0.3, 0.4) is 0 Å². The highest BCUT2D eigenvalue weighted by atomic mass is 79.9. The van der Waals surface area contributed by atoms with E-state index in [1.165, 1.54) is 19.3 Å². The monoisotopic (exact) mass is 324 g/mol. The van der Waals surface area contributed by atoms with E-state index in [-0.39, 0.29) is 11.7 Å². The fourth-order valence-electron chi connectivity index (χ4n) is 3.53. The lowest BCUT2D eigenvalue weighted by molar-refractivity contribution is -0.0470. The second-order valence-corrected chi connectivity index (χ2v) is 6.95. The van der Waals surface area contributed by atoms with E-state index in [9.17, 15) is 5.11 Å². The van der Waals surface area contributed by atoms with Crippen LogP contribution in [0.5, 0.6) is 5.75 Å². The SMILES string of the molecule is CCC1CCC2(CC1)C[C@H](O)c1cc(Br)ccc1O2. The molecule has 1 aliphatic carbocycles. The van der Waals surface area contributed by atoms with Gasteiger partial charge in [-0.15, -0.1) is 0 Å². The molecule has 0 aromatic heterocycles. The van der Waals surface area contributed by atoms with E-state index in [2.05, 4.69) is 22.9 Å². The van der Waals surface area contributed by atoms with Crippen LogP contribution in [0.1, 0.15) is 57.1 Å². The Bertz CT molecular complexity index is 464. The Hall–Kier alpha value is -0.540. The lowest BCUT2D eigenvalue weighted by Crippen LogP contribution is -2.44. The lowest BCUT2D eigenvalue weighted by Gasteiger charge is -2.45. The number of fused-ring (bicyclic) bond motifs is 1. The van der Waals surface area contributed by atoms with Crippen LogP contribution in [0, 0.1) is 5.92 Å². The molecule has 1 heterocycles. The molecule has 3 heteroatoms. The van der Waals surface area contributed by atoms with E-state index in [0.29, 0.717) is 0 Å². The molecule has 0 amide bonds. The number of benzene rings is 1. The van der Waals surface area contributed by atoms with Crippen molar-refractivity contribution in [1.29, 1.82) is 0 Å². The van der Waals surface area contributed by atoms with Gasteiger partial charge in [0.2, 0.25) is 0 Å². The third-order valence-electron chi connectivity index (χ3n) is 4.82. The molecule has 1 aromatic rings. The number of hydrogen-bond donors (Lipinski definition) is 1. The minimum Gasteiger partial charge on any atom is -0.487 e. The van der Waals surface area contributed by atoms with Crippen molar-refractivity contribution in [3.8, 4) is 5.75 Å². The van der Waals surface area contributed by atoms with Crippen LogP contribution in [0.15, 0.2) is 22.7 Å². The lowest BCUT2D eigenvalue weighted by atomic mass is 9.73. The smallest absolute Gasteiger partial charge is 0.126 e. The summed E-state index contributed by atoms with van der Waals surface area (Å²) in [4.78, 5) is 0. The molecule has 1 N–H and O–H groups in total. The molecule has 19 heavy (non-hydrogen) atoms. The van der Waals surface area contributed by atoms with Crippen molar-refractivity contribution in [2.24, 2.45) is 5.92 Å². The summed E-state index contributed by atoms with van der Waals surface area (Å²) < 4.78 is 7.30. The van der Waals surface area contributed by atoms with Gasteiger partial charge in [0.05, 0.1) is 6.10 Å². The first-order valence-electron chi connectivity index (χ1n) is 7.28. The van der Waals surface area contributed by atoms with E-state index in [1.807, 2.05) is 18.2 Å². The Morgan fingerprint density at radius 3 is 2.79 bits per heavy atom. The molecule has 1 atom stereocenters. The Balaban J connectivity index is 1.83. The summed E-state index contributed by atoms with van der Waals surface area (Å²) in [5, 5.41) is 10.4. The van der Waals surface area contributed by atoms with Crippen molar-refractivity contribution in [2.45, 2.75) is 57.2 Å². The highest BCUT2D eigenvalue weighted by molar-refractivity contribution is 9.10. The Kier molecular flexibility index (Phi) is 3.61. The summed E-state index contributed by atoms with van der Waals surface area (Å²) in [5.74, 6) is 1.72. The molecule has 104 valence electrons. The van der Waals surface area contributed by atoms with Crippen LogP contribution in [-0.4, -0.2) is 10.7 Å². The van der Waals surface area contributed by atoms with Crippen LogP contribution in [0.2, 0.25) is 0 Å². The average molecular weight is 325 g/mol. The van der Waals surface area contributed by atoms with E-state index in [0.717, 1.165) is 41.0 Å². The van der Waals surface area contributed by atoms with Crippen LogP contribution < -0.4 is 4.74 Å². The molecule has 0 unspecified atom stereocenters. The van der Waals surface area contributed by atoms with Gasteiger partial charge in [0.25, 0.3) is 0 Å². The summed E-state index contributed by atoms with van der Waals surface area (Å²) in [6.45, 7) is 2.27. The number of halogens is 1. The maximum absolute atomic E-state index is 10.4. The van der Waals surface area contributed by atoms with Gasteiger partial charge in [-0.2, -0.15) is 0 Å². The summed E-state index contributed by atoms with van der Waals surface area (Å²) in [7, 11) is 0. The first-order valence-corrected chi connectivity index (χ1v) is 8.08. The van der Waals surface area contributed by atoms with Gasteiger partial charge >= 0.3 is 0 Å². The Labute approximate surface area is 123 Å². The van der Waals surface area contributed by atoms with E-state index >= 15 is 0 Å². The van der Waals surface area contributed by atoms with Crippen molar-refractivity contribution in [2.75, 3.05) is 0 Å². The molecule has 1 aliphatic heterocycles. The minimum atomic E-state index is -0.389. The molecule has 1 fully saturated rings. The molecule has 2 aliphatic rings. The number of rotatable bonds is 1. The molecule has 1 aromatic carbocycles. The molecule has 0 radical (unpaired) electrons. The Morgan fingerprint density at radius 2 is 2.11 bits per heavy atom. The van der Waals surface area contributed by atoms with Crippen LogP contribution in [-0.2, 0) is 0 Å². The number of ether oxygens (including phenoxy) is 1. The average Bonchev–Trinajstić information content (AvgIpc) is 2.41. The molecule has 1 saturated carbocycles. The van der Waals surface area contributed by atoms with Crippen molar-refractivity contribution >= 4 is 15.9 Å². The second kappa shape index (κ2) is 5.10. The fourth-order valence-corrected chi connectivity index (χ4v) is 3.91. The van der Waals surface area contributed by atoms with Gasteiger partial charge in [-0.3, -0.25) is 0 Å². The molecule has 3 rings (SSSR count). The van der Waals surface area contributed by atoms with Crippen molar-refractivity contribution < 1.29 is 9.84 Å². The maximum atomic E-state index is 10.4. The largest absolute Gasteiger partial charge is 0.487 e. The van der Waals surface area contributed by atoms with Crippen LogP contribution in [0.4, 0.5) is 0 Å². The molecular formula is C16H21BrO2. The highest BCUT2D eigenvalue weighted by Gasteiger charge is 2.42. The predicted molar refractivity (Wildman–Crippen MR) is 79.3 cm³/mol. The van der Waals surface area contributed by atoms with E-state index in [4.69, 9.17) is 4.74 Å². The van der Waals surface area contributed by atoms with Crippen LogP contribution in [0.25, 0.3) is 0 Å². The standard InChI is InChI=1S/C16H21BrO2/c1-2-11-5-7-16(8-6-11)10-14(18)13-9-12(17)3-4-15(13)19-16/h3-4,9,11,14,18H,2,5-8,10H2,1H3/t11?,14-,16?/m0/s1. The van der Waals surface area contributed by atoms with Crippen molar-refractivity contribution in [3.05, 3.63) is 28.2 Å². The molecule has 0 saturated heterocycles. The normalized spacial score (nSPS) is 33.8. The van der Waals surface area contributed by atoms with Gasteiger partial charge in [-0.05, 0) is 49.8 Å². The quantitative estimate of drug-likeness (QED) is 0.817. The van der Waals surface area contributed by atoms with Gasteiger partial charge in [-0.25, -0.2) is 0 Å². The fraction of sp³-hybridized carbons (Fsp3) is 0.625. The Morgan fingerprint density at radius 1 is 1.37 bits per heavy atom. The van der Waals surface area contributed by atoms with Crippen molar-refractivity contribution in [3.63, 3.8) is 0 Å². The number of hydrogen-bond acceptors (Lipinski definition) is 2. The highest BCUT2D eigenvalue weighted by Crippen LogP contribution is 2.47. The molecule has 2 nitrogen and oxygen atoms in total. The zero-order valence-electron chi connectivity index (χ0n) is 11.4.